The van der Waals surface area contributed by atoms with Crippen LogP contribution >= 0.6 is 0 Å². The van der Waals surface area contributed by atoms with Crippen LogP contribution < -0.4 is 5.32 Å². The lowest BCUT2D eigenvalue weighted by molar-refractivity contribution is 0.0506. The molecule has 0 rings (SSSR count). The zero-order valence-corrected chi connectivity index (χ0v) is 9.31. The average molecular weight is 187 g/mol. The van der Waals surface area contributed by atoms with Gasteiger partial charge in [0, 0.05) is 6.04 Å². The Kier molecular flexibility index (Phi) is 4.81. The van der Waals surface area contributed by atoms with E-state index >= 15 is 0 Å². The van der Waals surface area contributed by atoms with E-state index in [1.54, 1.807) is 0 Å². The Hall–Kier alpha value is -0.730. The molecule has 0 aromatic carbocycles. The summed E-state index contributed by atoms with van der Waals surface area (Å²) in [5, 5.41) is 2.78. The van der Waals surface area contributed by atoms with Crippen LogP contribution in [-0.4, -0.2) is 17.7 Å². The average Bonchev–Trinajstić information content (AvgIpc) is 1.81. The summed E-state index contributed by atoms with van der Waals surface area (Å²) in [6.07, 6.45) is 1.73. The molecule has 1 unspecified atom stereocenters. The second-order valence-electron chi connectivity index (χ2n) is 4.34. The van der Waals surface area contributed by atoms with Crippen molar-refractivity contribution in [3.05, 3.63) is 0 Å². The zero-order valence-electron chi connectivity index (χ0n) is 9.31. The van der Waals surface area contributed by atoms with Crippen molar-refractivity contribution in [2.75, 3.05) is 0 Å². The molecule has 0 aliphatic carbocycles. The number of alkyl carbamates (subject to hydrolysis) is 1. The standard InChI is InChI=1S/C10H21NO2/c1-6-7-8(2)11-9(12)13-10(3,4)5/h8H,6-7H2,1-5H3,(H,11,12). The highest BCUT2D eigenvalue weighted by Gasteiger charge is 2.16. The largest absolute Gasteiger partial charge is 0.444 e. The Morgan fingerprint density at radius 2 is 2.00 bits per heavy atom. The Balaban J connectivity index is 3.74. The van der Waals surface area contributed by atoms with Crippen LogP contribution in [0.3, 0.4) is 0 Å². The normalized spacial score (nSPS) is 13.6. The molecule has 0 bridgehead atoms. The lowest BCUT2D eigenvalue weighted by Crippen LogP contribution is -2.37. The van der Waals surface area contributed by atoms with Crippen LogP contribution in [0.15, 0.2) is 0 Å². The molecule has 1 amide bonds. The Labute approximate surface area is 80.8 Å². The third-order valence-corrected chi connectivity index (χ3v) is 1.48. The molecule has 0 aromatic rings. The van der Waals surface area contributed by atoms with E-state index in [1.807, 2.05) is 27.7 Å². The van der Waals surface area contributed by atoms with E-state index in [2.05, 4.69) is 12.2 Å². The molecule has 0 radical (unpaired) electrons. The molecule has 3 nitrogen and oxygen atoms in total. The molecule has 1 N–H and O–H groups in total. The summed E-state index contributed by atoms with van der Waals surface area (Å²) in [5.74, 6) is 0. The second kappa shape index (κ2) is 5.10. The maximum absolute atomic E-state index is 11.2. The van der Waals surface area contributed by atoms with Gasteiger partial charge in [0.25, 0.3) is 0 Å². The van der Waals surface area contributed by atoms with Gasteiger partial charge < -0.3 is 10.1 Å². The monoisotopic (exact) mass is 187 g/mol. The van der Waals surface area contributed by atoms with Crippen molar-refractivity contribution in [2.24, 2.45) is 0 Å². The SMILES string of the molecule is CCCC(C)NC(=O)OC(C)(C)C. The van der Waals surface area contributed by atoms with Gasteiger partial charge in [0.15, 0.2) is 0 Å². The summed E-state index contributed by atoms with van der Waals surface area (Å²) in [7, 11) is 0. The van der Waals surface area contributed by atoms with Crippen LogP contribution in [0, 0.1) is 0 Å². The topological polar surface area (TPSA) is 38.3 Å². The van der Waals surface area contributed by atoms with Crippen molar-refractivity contribution >= 4 is 6.09 Å². The van der Waals surface area contributed by atoms with Gasteiger partial charge in [-0.1, -0.05) is 13.3 Å². The summed E-state index contributed by atoms with van der Waals surface area (Å²) < 4.78 is 5.10. The highest BCUT2D eigenvalue weighted by Crippen LogP contribution is 2.07. The molecule has 0 aliphatic heterocycles. The van der Waals surface area contributed by atoms with Crippen LogP contribution in [0.4, 0.5) is 4.79 Å². The van der Waals surface area contributed by atoms with Gasteiger partial charge in [0.2, 0.25) is 0 Å². The smallest absolute Gasteiger partial charge is 0.407 e. The van der Waals surface area contributed by atoms with Crippen molar-refractivity contribution in [3.8, 4) is 0 Å². The van der Waals surface area contributed by atoms with Gasteiger partial charge in [-0.2, -0.15) is 0 Å². The van der Waals surface area contributed by atoms with Gasteiger partial charge in [-0.15, -0.1) is 0 Å². The molecular formula is C10H21NO2. The maximum atomic E-state index is 11.2. The highest BCUT2D eigenvalue weighted by molar-refractivity contribution is 5.67. The Morgan fingerprint density at radius 3 is 2.38 bits per heavy atom. The highest BCUT2D eigenvalue weighted by atomic mass is 16.6. The van der Waals surface area contributed by atoms with E-state index in [4.69, 9.17) is 4.74 Å². The molecule has 0 saturated carbocycles. The van der Waals surface area contributed by atoms with Gasteiger partial charge in [-0.25, -0.2) is 4.79 Å². The van der Waals surface area contributed by atoms with E-state index in [-0.39, 0.29) is 12.1 Å². The lowest BCUT2D eigenvalue weighted by Gasteiger charge is -2.21. The summed E-state index contributed by atoms with van der Waals surface area (Å²) >= 11 is 0. The first-order valence-corrected chi connectivity index (χ1v) is 4.84. The van der Waals surface area contributed by atoms with E-state index in [0.717, 1.165) is 12.8 Å². The molecule has 0 fully saturated rings. The summed E-state index contributed by atoms with van der Waals surface area (Å²) in [6.45, 7) is 9.64. The number of nitrogens with one attached hydrogen (secondary N) is 1. The van der Waals surface area contributed by atoms with Gasteiger partial charge >= 0.3 is 6.09 Å². The third-order valence-electron chi connectivity index (χ3n) is 1.48. The van der Waals surface area contributed by atoms with Crippen molar-refractivity contribution in [2.45, 2.75) is 59.1 Å². The molecule has 0 heterocycles. The lowest BCUT2D eigenvalue weighted by atomic mass is 10.2. The Bertz CT molecular complexity index is 161. The fraction of sp³-hybridized carbons (Fsp3) is 0.900. The number of hydrogen-bond acceptors (Lipinski definition) is 2. The minimum absolute atomic E-state index is 0.194. The Morgan fingerprint density at radius 1 is 1.46 bits per heavy atom. The molecule has 0 aliphatic rings. The summed E-state index contributed by atoms with van der Waals surface area (Å²) in [5.41, 5.74) is -0.407. The number of carbonyl (C=O) groups excluding carboxylic acids is 1. The van der Waals surface area contributed by atoms with Crippen LogP contribution in [0.5, 0.6) is 0 Å². The molecule has 0 spiro atoms. The fourth-order valence-electron chi connectivity index (χ4n) is 1.01. The molecule has 78 valence electrons. The fourth-order valence-corrected chi connectivity index (χ4v) is 1.01. The van der Waals surface area contributed by atoms with Crippen LogP contribution in [-0.2, 0) is 4.74 Å². The van der Waals surface area contributed by atoms with Gasteiger partial charge in [0.1, 0.15) is 5.60 Å². The van der Waals surface area contributed by atoms with Gasteiger partial charge in [0.05, 0.1) is 0 Å². The van der Waals surface area contributed by atoms with E-state index < -0.39 is 5.60 Å². The van der Waals surface area contributed by atoms with Crippen LogP contribution in [0.25, 0.3) is 0 Å². The van der Waals surface area contributed by atoms with Crippen molar-refractivity contribution < 1.29 is 9.53 Å². The van der Waals surface area contributed by atoms with Crippen LogP contribution in [0.2, 0.25) is 0 Å². The minimum atomic E-state index is -0.407. The molecule has 0 saturated heterocycles. The quantitative estimate of drug-likeness (QED) is 0.737. The summed E-state index contributed by atoms with van der Waals surface area (Å²) in [6, 6.07) is 0.194. The van der Waals surface area contributed by atoms with Crippen molar-refractivity contribution in [1.29, 1.82) is 0 Å². The molecule has 1 atom stereocenters. The van der Waals surface area contributed by atoms with Gasteiger partial charge in [-0.3, -0.25) is 0 Å². The predicted octanol–water partition coefficient (Wildman–Crippen LogP) is 2.70. The number of rotatable bonds is 3. The number of amides is 1. The van der Waals surface area contributed by atoms with E-state index in [9.17, 15) is 4.79 Å². The molecule has 3 heteroatoms. The number of hydrogen-bond donors (Lipinski definition) is 1. The molecule has 0 aromatic heterocycles. The van der Waals surface area contributed by atoms with E-state index in [0.29, 0.717) is 0 Å². The minimum Gasteiger partial charge on any atom is -0.444 e. The number of carbonyl (C=O) groups is 1. The number of ether oxygens (including phenoxy) is 1. The zero-order chi connectivity index (χ0) is 10.5. The first-order chi connectivity index (χ1) is 5.85. The first-order valence-electron chi connectivity index (χ1n) is 4.84. The van der Waals surface area contributed by atoms with E-state index in [1.165, 1.54) is 0 Å². The molecule has 13 heavy (non-hydrogen) atoms. The maximum Gasteiger partial charge on any atom is 0.407 e. The first kappa shape index (κ1) is 12.3. The van der Waals surface area contributed by atoms with Crippen molar-refractivity contribution in [1.82, 2.24) is 5.32 Å². The molecular weight excluding hydrogens is 166 g/mol. The third kappa shape index (κ3) is 7.62. The van der Waals surface area contributed by atoms with Crippen molar-refractivity contribution in [3.63, 3.8) is 0 Å². The van der Waals surface area contributed by atoms with Gasteiger partial charge in [-0.05, 0) is 34.1 Å². The summed E-state index contributed by atoms with van der Waals surface area (Å²) in [4.78, 5) is 11.2. The second-order valence-corrected chi connectivity index (χ2v) is 4.34. The van der Waals surface area contributed by atoms with Crippen LogP contribution in [0.1, 0.15) is 47.5 Å². The predicted molar refractivity (Wildman–Crippen MR) is 53.7 cm³/mol.